The molecule has 244 valence electrons. The maximum absolute atomic E-state index is 13.9. The van der Waals surface area contributed by atoms with Gasteiger partial charge in [0.1, 0.15) is 5.75 Å². The highest BCUT2D eigenvalue weighted by molar-refractivity contribution is 6.41. The molecule has 0 radical (unpaired) electrons. The molecule has 0 atom stereocenters. The van der Waals surface area contributed by atoms with Gasteiger partial charge in [0, 0.05) is 46.1 Å². The normalized spacial score (nSPS) is 14.3. The SMILES string of the molecule is COc1ccc(CCN2C(=O)c3ccc4c5ccc6c7c(ccc(c8ccc(c3c48)C2=O)c75)C(=O)N(CCc2ccc(CO)cc2)C6=O)cc1. The number of hydrogen-bond acceptors (Lipinski definition) is 6. The molecule has 8 heteroatoms. The average Bonchev–Trinajstić information content (AvgIpc) is 3.15. The number of amides is 4. The van der Waals surface area contributed by atoms with Gasteiger partial charge < -0.3 is 9.84 Å². The molecule has 9 rings (SSSR count). The second kappa shape index (κ2) is 11.2. The van der Waals surface area contributed by atoms with E-state index in [2.05, 4.69) is 0 Å². The number of carbonyl (C=O) groups is 4. The Hall–Kier alpha value is -6.12. The molecule has 0 bridgehead atoms. The molecule has 0 aromatic heterocycles. The van der Waals surface area contributed by atoms with Crippen molar-refractivity contribution in [2.24, 2.45) is 0 Å². The van der Waals surface area contributed by atoms with E-state index in [1.165, 1.54) is 9.80 Å². The molecule has 8 nitrogen and oxygen atoms in total. The number of rotatable bonds is 8. The Balaban J connectivity index is 1.12. The van der Waals surface area contributed by atoms with Crippen LogP contribution in [0.25, 0.3) is 43.1 Å². The fourth-order valence-corrected chi connectivity index (χ4v) is 7.86. The maximum atomic E-state index is 13.9. The molecular formula is C42H30N2O6. The number of carbonyl (C=O) groups excluding carboxylic acids is 4. The van der Waals surface area contributed by atoms with Crippen molar-refractivity contribution in [3.8, 4) is 5.75 Å². The smallest absolute Gasteiger partial charge is 0.261 e. The van der Waals surface area contributed by atoms with Crippen LogP contribution >= 0.6 is 0 Å². The van der Waals surface area contributed by atoms with Gasteiger partial charge in [-0.1, -0.05) is 60.7 Å². The molecule has 7 aromatic rings. The van der Waals surface area contributed by atoms with E-state index in [4.69, 9.17) is 4.74 Å². The van der Waals surface area contributed by atoms with Crippen LogP contribution in [0.2, 0.25) is 0 Å². The largest absolute Gasteiger partial charge is 0.497 e. The first-order chi connectivity index (χ1) is 24.4. The molecule has 0 spiro atoms. The number of aliphatic hydroxyl groups is 1. The van der Waals surface area contributed by atoms with E-state index in [0.717, 1.165) is 54.8 Å². The number of aliphatic hydroxyl groups excluding tert-OH is 1. The lowest BCUT2D eigenvalue weighted by Crippen LogP contribution is -2.41. The second-order valence-electron chi connectivity index (χ2n) is 13.0. The summed E-state index contributed by atoms with van der Waals surface area (Å²) < 4.78 is 5.25. The average molecular weight is 659 g/mol. The Kier molecular flexibility index (Phi) is 6.73. The van der Waals surface area contributed by atoms with E-state index in [-0.39, 0.29) is 43.3 Å². The minimum Gasteiger partial charge on any atom is -0.497 e. The summed E-state index contributed by atoms with van der Waals surface area (Å²) in [6, 6.07) is 29.9. The van der Waals surface area contributed by atoms with Crippen LogP contribution in [0, 0.1) is 0 Å². The zero-order valence-corrected chi connectivity index (χ0v) is 27.2. The molecule has 1 N–H and O–H groups in total. The van der Waals surface area contributed by atoms with E-state index < -0.39 is 0 Å². The summed E-state index contributed by atoms with van der Waals surface area (Å²) in [5, 5.41) is 15.7. The first-order valence-electron chi connectivity index (χ1n) is 16.6. The molecule has 0 saturated carbocycles. The van der Waals surface area contributed by atoms with Gasteiger partial charge in [-0.2, -0.15) is 0 Å². The molecule has 0 fully saturated rings. The minimum absolute atomic E-state index is 0.0453. The monoisotopic (exact) mass is 658 g/mol. The van der Waals surface area contributed by atoms with Crippen LogP contribution in [-0.2, 0) is 19.4 Å². The van der Waals surface area contributed by atoms with Crippen molar-refractivity contribution in [3.63, 3.8) is 0 Å². The fraction of sp³-hybridized carbons (Fsp3) is 0.143. The third-order valence-electron chi connectivity index (χ3n) is 10.4. The summed E-state index contributed by atoms with van der Waals surface area (Å²) >= 11 is 0. The second-order valence-corrected chi connectivity index (χ2v) is 13.0. The van der Waals surface area contributed by atoms with Crippen LogP contribution in [0.4, 0.5) is 0 Å². The van der Waals surface area contributed by atoms with E-state index in [1.54, 1.807) is 31.4 Å². The Bertz CT molecular complexity index is 2290. The van der Waals surface area contributed by atoms with Crippen molar-refractivity contribution in [1.82, 2.24) is 9.80 Å². The molecule has 2 aliphatic rings. The van der Waals surface area contributed by atoms with Gasteiger partial charge in [0.15, 0.2) is 0 Å². The van der Waals surface area contributed by atoms with Crippen molar-refractivity contribution < 1.29 is 29.0 Å². The predicted octanol–water partition coefficient (Wildman–Crippen LogP) is 6.92. The molecule has 50 heavy (non-hydrogen) atoms. The van der Waals surface area contributed by atoms with E-state index >= 15 is 0 Å². The highest BCUT2D eigenvalue weighted by Gasteiger charge is 2.36. The van der Waals surface area contributed by atoms with Crippen LogP contribution in [0.5, 0.6) is 5.75 Å². The molecule has 7 aromatic carbocycles. The van der Waals surface area contributed by atoms with Crippen LogP contribution < -0.4 is 4.74 Å². The van der Waals surface area contributed by atoms with Crippen molar-refractivity contribution in [2.45, 2.75) is 19.4 Å². The standard InChI is InChI=1S/C42H30N2O6/c1-50-26-8-6-24(7-9-26)19-21-44-41(48)33-16-12-29-27-10-14-31-37-32(40(47)43(39(31)46)20-18-23-2-4-25(22-45)5-3-23)15-11-28(35(27)37)30-13-17-34(42(44)49)38(33)36(29)30/h2-17,45H,18-22H2,1H3. The highest BCUT2D eigenvalue weighted by Crippen LogP contribution is 2.46. The highest BCUT2D eigenvalue weighted by atomic mass is 16.5. The third kappa shape index (κ3) is 4.28. The molecule has 0 saturated heterocycles. The first-order valence-corrected chi connectivity index (χ1v) is 16.6. The summed E-state index contributed by atoms with van der Waals surface area (Å²) in [4.78, 5) is 58.3. The maximum Gasteiger partial charge on any atom is 0.261 e. The summed E-state index contributed by atoms with van der Waals surface area (Å²) in [6.07, 6.45) is 1.01. The number of fused-ring (bicyclic) bond motifs is 2. The van der Waals surface area contributed by atoms with Gasteiger partial charge in [-0.05, 0) is 98.2 Å². The van der Waals surface area contributed by atoms with Gasteiger partial charge in [-0.25, -0.2) is 0 Å². The zero-order valence-electron chi connectivity index (χ0n) is 27.2. The van der Waals surface area contributed by atoms with Crippen molar-refractivity contribution in [1.29, 1.82) is 0 Å². The quantitative estimate of drug-likeness (QED) is 0.108. The van der Waals surface area contributed by atoms with Gasteiger partial charge in [-0.15, -0.1) is 0 Å². The van der Waals surface area contributed by atoms with Crippen LogP contribution in [0.3, 0.4) is 0 Å². The molecule has 0 unspecified atom stereocenters. The van der Waals surface area contributed by atoms with Gasteiger partial charge >= 0.3 is 0 Å². The molecular weight excluding hydrogens is 628 g/mol. The number of ether oxygens (including phenoxy) is 1. The van der Waals surface area contributed by atoms with Gasteiger partial charge in [0.25, 0.3) is 23.6 Å². The van der Waals surface area contributed by atoms with Crippen molar-refractivity contribution in [3.05, 3.63) is 136 Å². The lowest BCUT2D eigenvalue weighted by Gasteiger charge is -2.30. The lowest BCUT2D eigenvalue weighted by atomic mass is 9.82. The Morgan fingerprint density at radius 1 is 0.460 bits per heavy atom. The van der Waals surface area contributed by atoms with Crippen LogP contribution in [-0.4, -0.2) is 58.7 Å². The number of hydrogen-bond donors (Lipinski definition) is 1. The molecule has 0 aliphatic carbocycles. The van der Waals surface area contributed by atoms with E-state index in [1.807, 2.05) is 72.8 Å². The summed E-state index contributed by atoms with van der Waals surface area (Å²) in [6.45, 7) is 0.432. The number of nitrogens with zero attached hydrogens (tertiary/aromatic N) is 2. The summed E-state index contributed by atoms with van der Waals surface area (Å²) in [5.41, 5.74) is 4.67. The fourth-order valence-electron chi connectivity index (χ4n) is 7.86. The Morgan fingerprint density at radius 2 is 0.800 bits per heavy atom. The molecule has 2 heterocycles. The van der Waals surface area contributed by atoms with Crippen molar-refractivity contribution >= 4 is 66.7 Å². The van der Waals surface area contributed by atoms with Crippen molar-refractivity contribution in [2.75, 3.05) is 20.2 Å². The van der Waals surface area contributed by atoms with E-state index in [0.29, 0.717) is 45.9 Å². The topological polar surface area (TPSA) is 104 Å². The molecule has 4 amide bonds. The number of imide groups is 2. The molecule has 2 aliphatic heterocycles. The number of methoxy groups -OCH3 is 1. The van der Waals surface area contributed by atoms with Crippen LogP contribution in [0.1, 0.15) is 58.1 Å². The number of benzene rings is 7. The minimum atomic E-state index is -0.333. The predicted molar refractivity (Wildman–Crippen MR) is 191 cm³/mol. The van der Waals surface area contributed by atoms with E-state index in [9.17, 15) is 24.3 Å². The Labute approximate surface area is 286 Å². The van der Waals surface area contributed by atoms with Gasteiger partial charge in [0.05, 0.1) is 13.7 Å². The lowest BCUT2D eigenvalue weighted by molar-refractivity contribution is 0.0597. The Morgan fingerprint density at radius 3 is 1.14 bits per heavy atom. The van der Waals surface area contributed by atoms with Gasteiger partial charge in [-0.3, -0.25) is 29.0 Å². The zero-order chi connectivity index (χ0) is 34.3. The summed E-state index contributed by atoms with van der Waals surface area (Å²) in [5.74, 6) is -0.569. The summed E-state index contributed by atoms with van der Waals surface area (Å²) in [7, 11) is 1.61. The first kappa shape index (κ1) is 30.0. The van der Waals surface area contributed by atoms with Gasteiger partial charge in [0.2, 0.25) is 0 Å². The third-order valence-corrected chi connectivity index (χ3v) is 10.4. The van der Waals surface area contributed by atoms with Crippen LogP contribution in [0.15, 0.2) is 97.1 Å².